The average molecular weight is 465 g/mol. The fraction of sp³-hybridized carbons (Fsp3) is 1.00. The standard InChI is InChI=1S/C27H52O2Si2/c1-19(28-30(4,5)6)23-12-13-24-22-11-10-20-18-21(29-31(7,8)9)14-16-26(20,2)25(22)15-17-27(23,24)3/h19-25H,10-18H2,1-9H3/t19-,20+,21+,22-,23+,24-,25-,26-,27+/m0/s1. The van der Waals surface area contributed by atoms with E-state index < -0.39 is 16.6 Å². The van der Waals surface area contributed by atoms with E-state index in [1.54, 1.807) is 0 Å². The average Bonchev–Trinajstić information content (AvgIpc) is 2.97. The third kappa shape index (κ3) is 4.66. The maximum Gasteiger partial charge on any atom is 0.184 e. The normalized spacial score (nSPS) is 46.7. The van der Waals surface area contributed by atoms with E-state index in [2.05, 4.69) is 60.1 Å². The summed E-state index contributed by atoms with van der Waals surface area (Å²) in [7, 11) is -2.91. The molecule has 4 aliphatic carbocycles. The van der Waals surface area contributed by atoms with Crippen molar-refractivity contribution >= 4 is 16.6 Å². The van der Waals surface area contributed by atoms with E-state index in [1.807, 2.05) is 0 Å². The second kappa shape index (κ2) is 8.24. The fourth-order valence-electron chi connectivity index (χ4n) is 9.28. The van der Waals surface area contributed by atoms with Crippen molar-refractivity contribution in [2.45, 2.75) is 130 Å². The highest BCUT2D eigenvalue weighted by atomic mass is 28.4. The molecule has 0 radical (unpaired) electrons. The van der Waals surface area contributed by atoms with E-state index in [0.717, 1.165) is 29.6 Å². The molecule has 0 unspecified atom stereocenters. The van der Waals surface area contributed by atoms with Crippen LogP contribution in [-0.2, 0) is 8.85 Å². The predicted octanol–water partition coefficient (Wildman–Crippen LogP) is 8.11. The first kappa shape index (κ1) is 24.5. The van der Waals surface area contributed by atoms with Crippen molar-refractivity contribution in [2.75, 3.05) is 0 Å². The van der Waals surface area contributed by atoms with Gasteiger partial charge in [-0.3, -0.25) is 0 Å². The van der Waals surface area contributed by atoms with Gasteiger partial charge in [0.15, 0.2) is 16.6 Å². The lowest BCUT2D eigenvalue weighted by Gasteiger charge is -2.61. The first-order chi connectivity index (χ1) is 14.2. The van der Waals surface area contributed by atoms with E-state index in [9.17, 15) is 0 Å². The van der Waals surface area contributed by atoms with Crippen LogP contribution in [0.5, 0.6) is 0 Å². The summed E-state index contributed by atoms with van der Waals surface area (Å²) in [4.78, 5) is 0. The first-order valence-corrected chi connectivity index (χ1v) is 20.4. The minimum Gasteiger partial charge on any atom is -0.415 e. The molecule has 0 amide bonds. The van der Waals surface area contributed by atoms with Crippen molar-refractivity contribution in [3.8, 4) is 0 Å². The van der Waals surface area contributed by atoms with Crippen molar-refractivity contribution in [3.63, 3.8) is 0 Å². The summed E-state index contributed by atoms with van der Waals surface area (Å²) >= 11 is 0. The predicted molar refractivity (Wildman–Crippen MR) is 137 cm³/mol. The molecule has 0 aliphatic heterocycles. The lowest BCUT2D eigenvalue weighted by atomic mass is 9.44. The monoisotopic (exact) mass is 464 g/mol. The molecule has 0 heterocycles. The Balaban J connectivity index is 1.48. The Morgan fingerprint density at radius 1 is 0.742 bits per heavy atom. The second-order valence-corrected chi connectivity index (χ2v) is 23.4. The maximum absolute atomic E-state index is 6.66. The van der Waals surface area contributed by atoms with Gasteiger partial charge in [0, 0.05) is 12.2 Å². The van der Waals surface area contributed by atoms with Crippen molar-refractivity contribution in [3.05, 3.63) is 0 Å². The van der Waals surface area contributed by atoms with E-state index in [4.69, 9.17) is 8.85 Å². The lowest BCUT2D eigenvalue weighted by Crippen LogP contribution is -2.55. The third-order valence-corrected chi connectivity index (χ3v) is 12.4. The summed E-state index contributed by atoms with van der Waals surface area (Å²) in [5, 5.41) is 0. The van der Waals surface area contributed by atoms with E-state index in [0.29, 0.717) is 23.0 Å². The molecule has 0 aromatic rings. The van der Waals surface area contributed by atoms with Crippen LogP contribution in [0.4, 0.5) is 0 Å². The Morgan fingerprint density at radius 2 is 1.39 bits per heavy atom. The summed E-state index contributed by atoms with van der Waals surface area (Å²) in [5.41, 5.74) is 1.09. The highest BCUT2D eigenvalue weighted by molar-refractivity contribution is 6.70. The highest BCUT2D eigenvalue weighted by Gasteiger charge is 2.61. The molecule has 9 atom stereocenters. The molecule has 4 heteroatoms. The van der Waals surface area contributed by atoms with Gasteiger partial charge < -0.3 is 8.85 Å². The van der Waals surface area contributed by atoms with Gasteiger partial charge in [0.25, 0.3) is 0 Å². The largest absolute Gasteiger partial charge is 0.415 e. The molecule has 0 aromatic carbocycles. The van der Waals surface area contributed by atoms with Crippen LogP contribution < -0.4 is 0 Å². The molecule has 0 saturated heterocycles. The lowest BCUT2D eigenvalue weighted by molar-refractivity contribution is -0.129. The molecular formula is C27H52O2Si2. The number of hydrogen-bond acceptors (Lipinski definition) is 2. The van der Waals surface area contributed by atoms with Crippen LogP contribution in [0.1, 0.15) is 78.6 Å². The molecule has 4 aliphatic rings. The minimum atomic E-state index is -1.48. The molecule has 31 heavy (non-hydrogen) atoms. The molecule has 0 bridgehead atoms. The summed E-state index contributed by atoms with van der Waals surface area (Å²) in [5.74, 6) is 4.55. The third-order valence-electron chi connectivity index (χ3n) is 10.3. The molecular weight excluding hydrogens is 412 g/mol. The van der Waals surface area contributed by atoms with Crippen molar-refractivity contribution < 1.29 is 8.85 Å². The molecule has 4 fully saturated rings. The summed E-state index contributed by atoms with van der Waals surface area (Å²) < 4.78 is 13.3. The van der Waals surface area contributed by atoms with Crippen molar-refractivity contribution in [1.29, 1.82) is 0 Å². The van der Waals surface area contributed by atoms with Crippen LogP contribution in [0.3, 0.4) is 0 Å². The van der Waals surface area contributed by atoms with Gasteiger partial charge in [0.2, 0.25) is 0 Å². The van der Waals surface area contributed by atoms with Gasteiger partial charge in [-0.25, -0.2) is 0 Å². The second-order valence-electron chi connectivity index (χ2n) is 14.4. The molecule has 2 nitrogen and oxygen atoms in total. The van der Waals surface area contributed by atoms with Gasteiger partial charge in [0.1, 0.15) is 0 Å². The molecule has 0 aromatic heterocycles. The highest BCUT2D eigenvalue weighted by Crippen LogP contribution is 2.68. The molecule has 4 rings (SSSR count). The zero-order chi connectivity index (χ0) is 22.8. The van der Waals surface area contributed by atoms with Gasteiger partial charge in [-0.1, -0.05) is 13.8 Å². The molecule has 0 spiro atoms. The Kier molecular flexibility index (Phi) is 6.50. The minimum absolute atomic E-state index is 0.444. The van der Waals surface area contributed by atoms with Gasteiger partial charge >= 0.3 is 0 Å². The molecule has 180 valence electrons. The first-order valence-electron chi connectivity index (χ1n) is 13.6. The van der Waals surface area contributed by atoms with Gasteiger partial charge in [-0.15, -0.1) is 0 Å². The van der Waals surface area contributed by atoms with Crippen molar-refractivity contribution in [1.82, 2.24) is 0 Å². The fourth-order valence-corrected chi connectivity index (χ4v) is 11.8. The molecule has 0 N–H and O–H groups in total. The summed E-state index contributed by atoms with van der Waals surface area (Å²) in [6.07, 6.45) is 13.8. The number of fused-ring (bicyclic) bond motifs is 5. The van der Waals surface area contributed by atoms with Crippen LogP contribution in [0.2, 0.25) is 39.3 Å². The van der Waals surface area contributed by atoms with E-state index >= 15 is 0 Å². The van der Waals surface area contributed by atoms with Gasteiger partial charge in [-0.2, -0.15) is 0 Å². The van der Waals surface area contributed by atoms with Gasteiger partial charge in [-0.05, 0) is 144 Å². The van der Waals surface area contributed by atoms with Crippen LogP contribution in [0.25, 0.3) is 0 Å². The quantitative estimate of drug-likeness (QED) is 0.382. The zero-order valence-electron chi connectivity index (χ0n) is 22.2. The van der Waals surface area contributed by atoms with Crippen LogP contribution >= 0.6 is 0 Å². The number of rotatable bonds is 5. The summed E-state index contributed by atoms with van der Waals surface area (Å²) in [6.45, 7) is 21.9. The Labute approximate surface area is 195 Å². The van der Waals surface area contributed by atoms with Gasteiger partial charge in [0.05, 0.1) is 0 Å². The Hall–Kier alpha value is 0.354. The zero-order valence-corrected chi connectivity index (χ0v) is 24.2. The van der Waals surface area contributed by atoms with E-state index in [-0.39, 0.29) is 0 Å². The topological polar surface area (TPSA) is 18.5 Å². The Morgan fingerprint density at radius 3 is 2.03 bits per heavy atom. The summed E-state index contributed by atoms with van der Waals surface area (Å²) in [6, 6.07) is 0. The van der Waals surface area contributed by atoms with E-state index in [1.165, 1.54) is 57.8 Å². The smallest absolute Gasteiger partial charge is 0.184 e. The SMILES string of the molecule is C[C@H](O[Si](C)(C)C)[C@H]1CC[C@H]2[C@@H]3CC[C@@H]4C[C@H](O[Si](C)(C)C)CC[C@]4(C)[C@H]3CC[C@]12C. The van der Waals surface area contributed by atoms with Crippen LogP contribution in [-0.4, -0.2) is 28.8 Å². The molecule has 4 saturated carbocycles. The van der Waals surface area contributed by atoms with Crippen molar-refractivity contribution in [2.24, 2.45) is 40.4 Å². The maximum atomic E-state index is 6.66. The van der Waals surface area contributed by atoms with Crippen LogP contribution in [0.15, 0.2) is 0 Å². The number of hydrogen-bond donors (Lipinski definition) is 0. The van der Waals surface area contributed by atoms with Crippen LogP contribution in [0, 0.1) is 40.4 Å². The Bertz CT molecular complexity index is 653.